The van der Waals surface area contributed by atoms with Gasteiger partial charge in [0.25, 0.3) is 0 Å². The number of aliphatic hydroxyl groups excluding tert-OH is 1. The Morgan fingerprint density at radius 3 is 2.31 bits per heavy atom. The molecule has 136 valence electrons. The Hall–Kier alpha value is -2.80. The lowest BCUT2D eigenvalue weighted by molar-refractivity contribution is -0.137. The van der Waals surface area contributed by atoms with Crippen LogP contribution < -0.4 is 0 Å². The van der Waals surface area contributed by atoms with E-state index in [0.717, 1.165) is 23.3 Å². The first kappa shape index (κ1) is 18.0. The quantitative estimate of drug-likeness (QED) is 0.722. The molecule has 7 heteroatoms. The molecule has 0 atom stereocenters. The molecule has 4 nitrogen and oxygen atoms in total. The SMILES string of the molecule is O=C(O)c1ccc2c(c1)cc(Cc1ccc(C(F)(F)F)cc1)n2CCO. The summed E-state index contributed by atoms with van der Waals surface area (Å²) in [5.74, 6) is -1.04. The Labute approximate surface area is 147 Å². The number of carboxylic acids is 1. The third-order valence-corrected chi connectivity index (χ3v) is 4.22. The normalized spacial score (nSPS) is 11.8. The Morgan fingerprint density at radius 2 is 1.73 bits per heavy atom. The Balaban J connectivity index is 1.98. The van der Waals surface area contributed by atoms with Crippen molar-refractivity contribution in [1.82, 2.24) is 4.57 Å². The molecular formula is C19H16F3NO3. The van der Waals surface area contributed by atoms with Gasteiger partial charge in [0.15, 0.2) is 0 Å². The number of hydrogen-bond acceptors (Lipinski definition) is 2. The maximum atomic E-state index is 12.7. The van der Waals surface area contributed by atoms with Crippen molar-refractivity contribution in [3.63, 3.8) is 0 Å². The maximum Gasteiger partial charge on any atom is 0.416 e. The van der Waals surface area contributed by atoms with Crippen LogP contribution >= 0.6 is 0 Å². The molecule has 0 aliphatic carbocycles. The molecule has 0 bridgehead atoms. The topological polar surface area (TPSA) is 62.5 Å². The molecule has 0 amide bonds. The molecule has 0 saturated heterocycles. The van der Waals surface area contributed by atoms with Gasteiger partial charge in [0.05, 0.1) is 17.7 Å². The Kier molecular flexibility index (Phi) is 4.73. The third-order valence-electron chi connectivity index (χ3n) is 4.22. The number of hydrogen-bond donors (Lipinski definition) is 2. The number of fused-ring (bicyclic) bond motifs is 1. The molecule has 26 heavy (non-hydrogen) atoms. The van der Waals surface area contributed by atoms with Gasteiger partial charge in [-0.1, -0.05) is 12.1 Å². The van der Waals surface area contributed by atoms with Crippen LogP contribution in [0.1, 0.15) is 27.2 Å². The summed E-state index contributed by atoms with van der Waals surface area (Å²) >= 11 is 0. The molecule has 3 rings (SSSR count). The fourth-order valence-corrected chi connectivity index (χ4v) is 2.99. The molecule has 0 radical (unpaired) electrons. The number of carbonyl (C=O) groups is 1. The van der Waals surface area contributed by atoms with Crippen molar-refractivity contribution in [2.75, 3.05) is 6.61 Å². The van der Waals surface area contributed by atoms with E-state index in [1.54, 1.807) is 18.2 Å². The number of carboxylic acid groups (broad SMARTS) is 1. The molecule has 2 aromatic carbocycles. The van der Waals surface area contributed by atoms with E-state index < -0.39 is 17.7 Å². The zero-order chi connectivity index (χ0) is 18.9. The molecule has 1 aromatic heterocycles. The second-order valence-corrected chi connectivity index (χ2v) is 5.96. The summed E-state index contributed by atoms with van der Waals surface area (Å²) in [5.41, 5.74) is 1.70. The van der Waals surface area contributed by atoms with Crippen LogP contribution in [0.25, 0.3) is 10.9 Å². The lowest BCUT2D eigenvalue weighted by atomic mass is 10.1. The Morgan fingerprint density at radius 1 is 1.04 bits per heavy atom. The molecule has 3 aromatic rings. The zero-order valence-corrected chi connectivity index (χ0v) is 13.6. The van der Waals surface area contributed by atoms with Crippen LogP contribution in [0.4, 0.5) is 13.2 Å². The highest BCUT2D eigenvalue weighted by Crippen LogP contribution is 2.30. The number of halogens is 3. The number of aliphatic hydroxyl groups is 1. The van der Waals surface area contributed by atoms with Gasteiger partial charge in [-0.15, -0.1) is 0 Å². The van der Waals surface area contributed by atoms with Gasteiger partial charge in [0.1, 0.15) is 0 Å². The van der Waals surface area contributed by atoms with Gasteiger partial charge in [-0.25, -0.2) is 4.79 Å². The average molecular weight is 363 g/mol. The van der Waals surface area contributed by atoms with Crippen LogP contribution in [0.15, 0.2) is 48.5 Å². The predicted molar refractivity (Wildman–Crippen MR) is 90.2 cm³/mol. The van der Waals surface area contributed by atoms with E-state index in [2.05, 4.69) is 0 Å². The summed E-state index contributed by atoms with van der Waals surface area (Å²) in [6, 6.07) is 11.4. The maximum absolute atomic E-state index is 12.7. The lowest BCUT2D eigenvalue weighted by Gasteiger charge is -2.11. The van der Waals surface area contributed by atoms with Crippen molar-refractivity contribution in [3.8, 4) is 0 Å². The summed E-state index contributed by atoms with van der Waals surface area (Å²) in [7, 11) is 0. The molecule has 0 aliphatic rings. The number of nitrogens with zero attached hydrogens (tertiary/aromatic N) is 1. The first-order valence-electron chi connectivity index (χ1n) is 7.92. The van der Waals surface area contributed by atoms with Gasteiger partial charge < -0.3 is 14.8 Å². The minimum Gasteiger partial charge on any atom is -0.478 e. The highest BCUT2D eigenvalue weighted by atomic mass is 19.4. The van der Waals surface area contributed by atoms with Crippen molar-refractivity contribution < 1.29 is 28.2 Å². The van der Waals surface area contributed by atoms with Gasteiger partial charge in [-0.2, -0.15) is 13.2 Å². The van der Waals surface area contributed by atoms with Crippen LogP contribution in [0.2, 0.25) is 0 Å². The number of benzene rings is 2. The highest BCUT2D eigenvalue weighted by Gasteiger charge is 2.29. The van der Waals surface area contributed by atoms with E-state index in [-0.39, 0.29) is 12.2 Å². The molecule has 0 unspecified atom stereocenters. The van der Waals surface area contributed by atoms with Crippen LogP contribution in [0.5, 0.6) is 0 Å². The Bertz CT molecular complexity index is 943. The zero-order valence-electron chi connectivity index (χ0n) is 13.6. The van der Waals surface area contributed by atoms with Crippen molar-refractivity contribution >= 4 is 16.9 Å². The van der Waals surface area contributed by atoms with Crippen molar-refractivity contribution in [3.05, 3.63) is 70.9 Å². The lowest BCUT2D eigenvalue weighted by Crippen LogP contribution is -2.07. The van der Waals surface area contributed by atoms with Crippen LogP contribution in [0.3, 0.4) is 0 Å². The fourth-order valence-electron chi connectivity index (χ4n) is 2.99. The molecule has 1 heterocycles. The van der Waals surface area contributed by atoms with E-state index in [0.29, 0.717) is 23.9 Å². The summed E-state index contributed by atoms with van der Waals surface area (Å²) in [6.45, 7) is 0.205. The monoisotopic (exact) mass is 363 g/mol. The van der Waals surface area contributed by atoms with E-state index in [9.17, 15) is 23.1 Å². The highest BCUT2D eigenvalue weighted by molar-refractivity contribution is 5.94. The molecular weight excluding hydrogens is 347 g/mol. The minimum absolute atomic E-state index is 0.107. The van der Waals surface area contributed by atoms with Crippen LogP contribution in [-0.2, 0) is 19.1 Å². The van der Waals surface area contributed by atoms with E-state index in [1.807, 2.05) is 4.57 Å². The smallest absolute Gasteiger partial charge is 0.416 e. The average Bonchev–Trinajstić information content (AvgIpc) is 2.91. The molecule has 0 fully saturated rings. The second kappa shape index (κ2) is 6.84. The number of rotatable bonds is 5. The van der Waals surface area contributed by atoms with Crippen molar-refractivity contribution in [2.24, 2.45) is 0 Å². The number of alkyl halides is 3. The van der Waals surface area contributed by atoms with Gasteiger partial charge >= 0.3 is 12.1 Å². The first-order valence-corrected chi connectivity index (χ1v) is 7.92. The predicted octanol–water partition coefficient (Wildman–Crippen LogP) is 3.94. The van der Waals surface area contributed by atoms with Gasteiger partial charge in [0, 0.05) is 29.6 Å². The molecule has 0 saturated carbocycles. The first-order chi connectivity index (χ1) is 12.3. The number of aromatic nitrogens is 1. The fraction of sp³-hybridized carbons (Fsp3) is 0.211. The van der Waals surface area contributed by atoms with E-state index >= 15 is 0 Å². The summed E-state index contributed by atoms with van der Waals surface area (Å²) in [5, 5.41) is 19.1. The van der Waals surface area contributed by atoms with Gasteiger partial charge in [0.2, 0.25) is 0 Å². The minimum atomic E-state index is -4.38. The van der Waals surface area contributed by atoms with Gasteiger partial charge in [-0.05, 0) is 42.0 Å². The van der Waals surface area contributed by atoms with Crippen LogP contribution in [-0.4, -0.2) is 27.4 Å². The largest absolute Gasteiger partial charge is 0.478 e. The van der Waals surface area contributed by atoms with Crippen molar-refractivity contribution in [2.45, 2.75) is 19.1 Å². The summed E-state index contributed by atoms with van der Waals surface area (Å²) in [6.07, 6.45) is -4.01. The van der Waals surface area contributed by atoms with E-state index in [4.69, 9.17) is 5.11 Å². The van der Waals surface area contributed by atoms with E-state index in [1.165, 1.54) is 18.2 Å². The third kappa shape index (κ3) is 3.57. The molecule has 0 spiro atoms. The number of aromatic carboxylic acids is 1. The van der Waals surface area contributed by atoms with Crippen LogP contribution in [0, 0.1) is 0 Å². The summed E-state index contributed by atoms with van der Waals surface area (Å²) < 4.78 is 39.9. The molecule has 2 N–H and O–H groups in total. The summed E-state index contributed by atoms with van der Waals surface area (Å²) in [4.78, 5) is 11.1. The molecule has 0 aliphatic heterocycles. The van der Waals surface area contributed by atoms with Crippen molar-refractivity contribution in [1.29, 1.82) is 0 Å². The second-order valence-electron chi connectivity index (χ2n) is 5.96. The standard InChI is InChI=1S/C19H16F3NO3/c20-19(21,22)15-4-1-12(2-5-15)9-16-11-14-10-13(18(25)26)3-6-17(14)23(16)7-8-24/h1-6,10-11,24H,7-9H2,(H,25,26). The van der Waals surface area contributed by atoms with Gasteiger partial charge in [-0.3, -0.25) is 0 Å².